The molecular formula is C14H13F3N4O2. The van der Waals surface area contributed by atoms with Crippen LogP contribution in [0, 0.1) is 11.8 Å². The Hall–Kier alpha value is -2.58. The number of hydrogen-bond donors (Lipinski definition) is 2. The Morgan fingerprint density at radius 2 is 2.04 bits per heavy atom. The minimum atomic E-state index is -4.59. The maximum atomic E-state index is 13.1. The number of nitrogens with zero attached hydrogens (tertiary/aromatic N) is 2. The van der Waals surface area contributed by atoms with Gasteiger partial charge in [0.15, 0.2) is 0 Å². The van der Waals surface area contributed by atoms with Crippen molar-refractivity contribution in [1.29, 1.82) is 0 Å². The van der Waals surface area contributed by atoms with Crippen molar-refractivity contribution in [3.8, 4) is 0 Å². The molecule has 2 atom stereocenters. The highest BCUT2D eigenvalue weighted by Crippen LogP contribution is 2.38. The molecule has 1 aromatic heterocycles. The highest BCUT2D eigenvalue weighted by Gasteiger charge is 2.52. The lowest BCUT2D eigenvalue weighted by atomic mass is 9.95. The third-order valence-electron chi connectivity index (χ3n) is 4.11. The number of aromatic amines is 1. The highest BCUT2D eigenvalue weighted by molar-refractivity contribution is 6.06. The molecule has 3 rings (SSSR count). The second-order valence-electron chi connectivity index (χ2n) is 5.50. The van der Waals surface area contributed by atoms with Gasteiger partial charge in [-0.05, 0) is 12.1 Å². The van der Waals surface area contributed by atoms with Gasteiger partial charge in [-0.15, -0.1) is 0 Å². The van der Waals surface area contributed by atoms with E-state index in [2.05, 4.69) is 10.2 Å². The van der Waals surface area contributed by atoms with Gasteiger partial charge >= 0.3 is 6.18 Å². The van der Waals surface area contributed by atoms with Crippen LogP contribution in [0.1, 0.15) is 10.4 Å². The molecule has 23 heavy (non-hydrogen) atoms. The Morgan fingerprint density at radius 3 is 2.65 bits per heavy atom. The lowest BCUT2D eigenvalue weighted by molar-refractivity contribution is -0.182. The Bertz CT molecular complexity index is 771. The van der Waals surface area contributed by atoms with E-state index in [0.717, 1.165) is 4.90 Å². The molecule has 1 saturated heterocycles. The molecule has 0 saturated carbocycles. The predicted octanol–water partition coefficient (Wildman–Crippen LogP) is 1.30. The lowest BCUT2D eigenvalue weighted by Gasteiger charge is -2.18. The number of H-pyrrole nitrogens is 1. The van der Waals surface area contributed by atoms with E-state index in [4.69, 9.17) is 5.73 Å². The van der Waals surface area contributed by atoms with E-state index < -0.39 is 36.4 Å². The number of nitrogens with one attached hydrogen (secondary N) is 1. The molecule has 1 aromatic carbocycles. The van der Waals surface area contributed by atoms with E-state index in [1.54, 1.807) is 12.1 Å². The topological polar surface area (TPSA) is 92.1 Å². The van der Waals surface area contributed by atoms with Gasteiger partial charge in [-0.2, -0.15) is 18.3 Å². The Balaban J connectivity index is 1.92. The van der Waals surface area contributed by atoms with E-state index >= 15 is 0 Å². The van der Waals surface area contributed by atoms with Crippen molar-refractivity contribution < 1.29 is 22.8 Å². The molecule has 1 fully saturated rings. The molecule has 2 amide bonds. The zero-order valence-corrected chi connectivity index (χ0v) is 11.8. The average Bonchev–Trinajstić information content (AvgIpc) is 3.12. The summed E-state index contributed by atoms with van der Waals surface area (Å²) in [6, 6.07) is 4.82. The number of fused-ring (bicyclic) bond motifs is 1. The molecule has 6 nitrogen and oxygen atoms in total. The number of halogens is 3. The van der Waals surface area contributed by atoms with Crippen LogP contribution in [0.2, 0.25) is 0 Å². The van der Waals surface area contributed by atoms with Crippen molar-refractivity contribution in [3.63, 3.8) is 0 Å². The molecular weight excluding hydrogens is 313 g/mol. The predicted molar refractivity (Wildman–Crippen MR) is 74.2 cm³/mol. The zero-order chi connectivity index (χ0) is 16.8. The first-order valence-electron chi connectivity index (χ1n) is 6.86. The van der Waals surface area contributed by atoms with Gasteiger partial charge in [-0.25, -0.2) is 0 Å². The number of nitrogens with two attached hydrogens (primary N) is 1. The minimum absolute atomic E-state index is 0.238. The summed E-state index contributed by atoms with van der Waals surface area (Å²) in [5, 5.41) is 7.03. The van der Waals surface area contributed by atoms with Crippen LogP contribution in [0.15, 0.2) is 24.4 Å². The van der Waals surface area contributed by atoms with E-state index in [1.165, 1.54) is 12.3 Å². The monoisotopic (exact) mass is 326 g/mol. The van der Waals surface area contributed by atoms with Crippen molar-refractivity contribution in [1.82, 2.24) is 15.1 Å². The normalized spacial score (nSPS) is 21.8. The van der Waals surface area contributed by atoms with Gasteiger partial charge in [0.25, 0.3) is 5.91 Å². The number of rotatable bonds is 2. The van der Waals surface area contributed by atoms with Crippen molar-refractivity contribution in [3.05, 3.63) is 30.0 Å². The molecule has 1 aliphatic rings. The SMILES string of the molecule is NC(=O)[C@@H]1CN(C(=O)c2cccc3[nH]ncc23)C[C@H]1C(F)(F)F. The second-order valence-corrected chi connectivity index (χ2v) is 5.50. The summed E-state index contributed by atoms with van der Waals surface area (Å²) in [7, 11) is 0. The van der Waals surface area contributed by atoms with Gasteiger partial charge in [0.2, 0.25) is 5.91 Å². The summed E-state index contributed by atoms with van der Waals surface area (Å²) in [5.74, 6) is -4.99. The van der Waals surface area contributed by atoms with Gasteiger partial charge in [0, 0.05) is 18.5 Å². The maximum absolute atomic E-state index is 13.1. The van der Waals surface area contributed by atoms with Crippen LogP contribution in [-0.2, 0) is 4.79 Å². The fourth-order valence-electron chi connectivity index (χ4n) is 2.91. The van der Waals surface area contributed by atoms with Crippen LogP contribution in [0.25, 0.3) is 10.9 Å². The summed E-state index contributed by atoms with van der Waals surface area (Å²) < 4.78 is 39.2. The first kappa shape index (κ1) is 15.3. The summed E-state index contributed by atoms with van der Waals surface area (Å²) in [6.07, 6.45) is -3.15. The zero-order valence-electron chi connectivity index (χ0n) is 11.8. The Labute approximate surface area is 128 Å². The van der Waals surface area contributed by atoms with Crippen molar-refractivity contribution in [2.24, 2.45) is 17.6 Å². The fourth-order valence-corrected chi connectivity index (χ4v) is 2.91. The van der Waals surface area contributed by atoms with E-state index in [-0.39, 0.29) is 12.1 Å². The molecule has 3 N–H and O–H groups in total. The molecule has 1 aliphatic heterocycles. The Kier molecular flexibility index (Phi) is 3.50. The first-order chi connectivity index (χ1) is 10.8. The van der Waals surface area contributed by atoms with Gasteiger partial charge in [-0.1, -0.05) is 6.07 Å². The average molecular weight is 326 g/mol. The van der Waals surface area contributed by atoms with E-state index in [1.807, 2.05) is 0 Å². The molecule has 0 spiro atoms. The van der Waals surface area contributed by atoms with E-state index in [0.29, 0.717) is 10.9 Å². The fraction of sp³-hybridized carbons (Fsp3) is 0.357. The van der Waals surface area contributed by atoms with Crippen LogP contribution < -0.4 is 5.73 Å². The molecule has 2 aromatic rings. The highest BCUT2D eigenvalue weighted by atomic mass is 19.4. The van der Waals surface area contributed by atoms with Crippen LogP contribution in [0.4, 0.5) is 13.2 Å². The third kappa shape index (κ3) is 2.62. The molecule has 0 unspecified atom stereocenters. The number of carbonyl (C=O) groups excluding carboxylic acids is 2. The van der Waals surface area contributed by atoms with Gasteiger partial charge in [-0.3, -0.25) is 14.7 Å². The number of hydrogen-bond acceptors (Lipinski definition) is 3. The van der Waals surface area contributed by atoms with Gasteiger partial charge in [0.1, 0.15) is 0 Å². The van der Waals surface area contributed by atoms with Crippen molar-refractivity contribution >= 4 is 22.7 Å². The van der Waals surface area contributed by atoms with Crippen molar-refractivity contribution in [2.75, 3.05) is 13.1 Å². The number of primary amides is 1. The van der Waals surface area contributed by atoms with Crippen LogP contribution in [0.3, 0.4) is 0 Å². The molecule has 0 aliphatic carbocycles. The van der Waals surface area contributed by atoms with Crippen molar-refractivity contribution in [2.45, 2.75) is 6.18 Å². The number of alkyl halides is 3. The number of amides is 2. The summed E-state index contributed by atoms with van der Waals surface area (Å²) >= 11 is 0. The number of benzene rings is 1. The number of aromatic nitrogens is 2. The van der Waals surface area contributed by atoms with Crippen LogP contribution in [0.5, 0.6) is 0 Å². The summed E-state index contributed by atoms with van der Waals surface area (Å²) in [4.78, 5) is 24.9. The number of likely N-dealkylation sites (tertiary alicyclic amines) is 1. The summed E-state index contributed by atoms with van der Waals surface area (Å²) in [5.41, 5.74) is 5.91. The first-order valence-corrected chi connectivity index (χ1v) is 6.86. The van der Waals surface area contributed by atoms with E-state index in [9.17, 15) is 22.8 Å². The lowest BCUT2D eigenvalue weighted by Crippen LogP contribution is -2.37. The quantitative estimate of drug-likeness (QED) is 0.871. The second kappa shape index (κ2) is 5.25. The maximum Gasteiger partial charge on any atom is 0.394 e. The minimum Gasteiger partial charge on any atom is -0.369 e. The third-order valence-corrected chi connectivity index (χ3v) is 4.11. The van der Waals surface area contributed by atoms with Gasteiger partial charge in [0.05, 0.1) is 29.1 Å². The number of carbonyl (C=O) groups is 2. The largest absolute Gasteiger partial charge is 0.394 e. The molecule has 0 radical (unpaired) electrons. The molecule has 9 heteroatoms. The van der Waals surface area contributed by atoms with Crippen LogP contribution >= 0.6 is 0 Å². The smallest absolute Gasteiger partial charge is 0.369 e. The van der Waals surface area contributed by atoms with Crippen LogP contribution in [-0.4, -0.2) is 46.2 Å². The molecule has 2 heterocycles. The van der Waals surface area contributed by atoms with Gasteiger partial charge < -0.3 is 10.6 Å². The standard InChI is InChI=1S/C14H13F3N4O2/c15-14(16,17)10-6-21(5-9(10)12(18)22)13(23)7-2-1-3-11-8(7)4-19-20-11/h1-4,9-10H,5-6H2,(H2,18,22)(H,19,20)/t9-,10-/m1/s1. The summed E-state index contributed by atoms with van der Waals surface area (Å²) in [6.45, 7) is -0.920. The Morgan fingerprint density at radius 1 is 1.30 bits per heavy atom. The molecule has 0 bridgehead atoms. The molecule has 122 valence electrons.